The molecule has 2 nitrogen and oxygen atoms in total. The molecule has 0 saturated heterocycles. The molecular weight excluding hydrogens is 359 g/mol. The highest BCUT2D eigenvalue weighted by Crippen LogP contribution is 2.31. The summed E-state index contributed by atoms with van der Waals surface area (Å²) in [6.07, 6.45) is 0. The Morgan fingerprint density at radius 3 is 2.11 bits per heavy atom. The topological polar surface area (TPSA) is 34.1 Å². The lowest BCUT2D eigenvalue weighted by molar-refractivity contribution is 0.597. The van der Waals surface area contributed by atoms with Gasteiger partial charge in [-0.15, -0.1) is 0 Å². The van der Waals surface area contributed by atoms with Crippen molar-refractivity contribution < 1.29 is 8.42 Å². The van der Waals surface area contributed by atoms with Gasteiger partial charge in [0.05, 0.1) is 10.6 Å². The van der Waals surface area contributed by atoms with Crippen LogP contribution in [0.3, 0.4) is 0 Å². The molecule has 0 fully saturated rings. The van der Waals surface area contributed by atoms with Gasteiger partial charge in [-0.2, -0.15) is 0 Å². The zero-order valence-electron chi connectivity index (χ0n) is 9.93. The highest BCUT2D eigenvalue weighted by molar-refractivity contribution is 14.1. The molecule has 4 heteroatoms. The van der Waals surface area contributed by atoms with Crippen LogP contribution in [-0.4, -0.2) is 14.2 Å². The fourth-order valence-electron chi connectivity index (χ4n) is 1.80. The van der Waals surface area contributed by atoms with E-state index in [2.05, 4.69) is 22.6 Å². The second-order valence-corrected chi connectivity index (χ2v) is 7.29. The molecule has 0 unspecified atom stereocenters. The maximum Gasteiger partial charge on any atom is 0.178 e. The van der Waals surface area contributed by atoms with Crippen LogP contribution in [0.25, 0.3) is 11.1 Å². The molecule has 0 spiro atoms. The van der Waals surface area contributed by atoms with Crippen molar-refractivity contribution in [1.82, 2.24) is 0 Å². The molecule has 0 aromatic heterocycles. The first kappa shape index (κ1) is 13.5. The van der Waals surface area contributed by atoms with E-state index in [1.807, 2.05) is 36.4 Å². The minimum absolute atomic E-state index is 0.118. The van der Waals surface area contributed by atoms with E-state index in [9.17, 15) is 8.42 Å². The minimum atomic E-state index is -3.20. The van der Waals surface area contributed by atoms with Gasteiger partial charge in [-0.05, 0) is 40.3 Å². The van der Waals surface area contributed by atoms with Gasteiger partial charge in [-0.3, -0.25) is 0 Å². The smallest absolute Gasteiger partial charge is 0.178 e. The van der Waals surface area contributed by atoms with Crippen molar-refractivity contribution in [1.29, 1.82) is 0 Å². The van der Waals surface area contributed by atoms with Crippen LogP contribution < -0.4 is 0 Å². The molecule has 0 N–H and O–H groups in total. The van der Waals surface area contributed by atoms with Crippen LogP contribution in [0.4, 0.5) is 0 Å². The Balaban J connectivity index is 2.71. The largest absolute Gasteiger partial charge is 0.224 e. The Bertz CT molecular complexity index is 663. The van der Waals surface area contributed by atoms with E-state index in [0.717, 1.165) is 14.7 Å². The molecule has 0 bridgehead atoms. The van der Waals surface area contributed by atoms with Crippen molar-refractivity contribution in [2.24, 2.45) is 0 Å². The van der Waals surface area contributed by atoms with Crippen LogP contribution in [0, 0.1) is 3.57 Å². The second kappa shape index (κ2) is 5.40. The Morgan fingerprint density at radius 1 is 0.944 bits per heavy atom. The Labute approximate surface area is 121 Å². The Morgan fingerprint density at radius 2 is 1.50 bits per heavy atom. The van der Waals surface area contributed by atoms with Crippen LogP contribution in [0.2, 0.25) is 0 Å². The zero-order valence-corrected chi connectivity index (χ0v) is 12.9. The van der Waals surface area contributed by atoms with E-state index in [4.69, 9.17) is 0 Å². The average Bonchev–Trinajstić information content (AvgIpc) is 2.39. The van der Waals surface area contributed by atoms with Gasteiger partial charge >= 0.3 is 0 Å². The molecular formula is C14H13IO2S. The molecule has 0 aliphatic heterocycles. The molecule has 0 aliphatic carbocycles. The normalized spacial score (nSPS) is 11.4. The molecule has 0 saturated carbocycles. The first-order valence-corrected chi connectivity index (χ1v) is 8.36. The summed E-state index contributed by atoms with van der Waals surface area (Å²) in [5.74, 6) is 0.118. The van der Waals surface area contributed by atoms with Gasteiger partial charge in [0.15, 0.2) is 9.84 Å². The highest BCUT2D eigenvalue weighted by Gasteiger charge is 2.17. The van der Waals surface area contributed by atoms with Crippen molar-refractivity contribution in [2.45, 2.75) is 11.8 Å². The fourth-order valence-corrected chi connectivity index (χ4v) is 3.58. The molecule has 2 aromatic rings. The molecule has 0 radical (unpaired) electrons. The third-order valence-electron chi connectivity index (χ3n) is 2.77. The van der Waals surface area contributed by atoms with Crippen LogP contribution in [0.15, 0.2) is 53.4 Å². The van der Waals surface area contributed by atoms with Gasteiger partial charge in [0, 0.05) is 9.13 Å². The van der Waals surface area contributed by atoms with Crippen LogP contribution in [0.5, 0.6) is 0 Å². The number of hydrogen-bond acceptors (Lipinski definition) is 2. The Kier molecular flexibility index (Phi) is 4.07. The van der Waals surface area contributed by atoms with E-state index in [-0.39, 0.29) is 5.75 Å². The first-order chi connectivity index (χ1) is 8.56. The van der Waals surface area contributed by atoms with E-state index in [0.29, 0.717) is 4.90 Å². The lowest BCUT2D eigenvalue weighted by atomic mass is 10.1. The summed E-state index contributed by atoms with van der Waals surface area (Å²) >= 11 is 2.23. The van der Waals surface area contributed by atoms with Crippen LogP contribution >= 0.6 is 22.6 Å². The lowest BCUT2D eigenvalue weighted by Crippen LogP contribution is -2.05. The number of rotatable bonds is 3. The van der Waals surface area contributed by atoms with Gasteiger partial charge in [0.25, 0.3) is 0 Å². The predicted octanol–water partition coefficient (Wildman–Crippen LogP) is 3.75. The summed E-state index contributed by atoms with van der Waals surface area (Å²) in [5, 5.41) is 0. The van der Waals surface area contributed by atoms with E-state index < -0.39 is 9.84 Å². The van der Waals surface area contributed by atoms with Crippen molar-refractivity contribution in [2.75, 3.05) is 5.75 Å². The van der Waals surface area contributed by atoms with Gasteiger partial charge in [0.1, 0.15) is 0 Å². The Hall–Kier alpha value is -0.880. The van der Waals surface area contributed by atoms with Crippen molar-refractivity contribution in [3.8, 4) is 11.1 Å². The molecule has 0 aliphatic rings. The molecule has 0 amide bonds. The lowest BCUT2D eigenvalue weighted by Gasteiger charge is -2.10. The third kappa shape index (κ3) is 2.59. The molecule has 2 aromatic carbocycles. The average molecular weight is 372 g/mol. The summed E-state index contributed by atoms with van der Waals surface area (Å²) in [7, 11) is -3.20. The molecule has 0 heterocycles. The van der Waals surface area contributed by atoms with Crippen molar-refractivity contribution >= 4 is 32.4 Å². The zero-order chi connectivity index (χ0) is 13.2. The van der Waals surface area contributed by atoms with Gasteiger partial charge in [-0.1, -0.05) is 43.3 Å². The van der Waals surface area contributed by atoms with Crippen molar-refractivity contribution in [3.63, 3.8) is 0 Å². The van der Waals surface area contributed by atoms with Gasteiger partial charge < -0.3 is 0 Å². The standard InChI is InChI=1S/C14H13IO2S/c1-2-18(16,17)14-10-6-4-8-12(14)11-7-3-5-9-13(11)15/h3-10H,2H2,1H3. The fraction of sp³-hybridized carbons (Fsp3) is 0.143. The van der Waals surface area contributed by atoms with Gasteiger partial charge in [-0.25, -0.2) is 8.42 Å². The number of benzene rings is 2. The van der Waals surface area contributed by atoms with E-state index >= 15 is 0 Å². The number of sulfone groups is 1. The molecule has 0 atom stereocenters. The van der Waals surface area contributed by atoms with E-state index in [1.54, 1.807) is 19.1 Å². The van der Waals surface area contributed by atoms with Gasteiger partial charge in [0.2, 0.25) is 0 Å². The third-order valence-corrected chi connectivity index (χ3v) is 5.49. The summed E-state index contributed by atoms with van der Waals surface area (Å²) in [6.45, 7) is 1.67. The van der Waals surface area contributed by atoms with Crippen molar-refractivity contribution in [3.05, 3.63) is 52.1 Å². The first-order valence-electron chi connectivity index (χ1n) is 5.63. The second-order valence-electron chi connectivity index (χ2n) is 3.88. The summed E-state index contributed by atoms with van der Waals surface area (Å²) in [5.41, 5.74) is 1.75. The molecule has 18 heavy (non-hydrogen) atoms. The SMILES string of the molecule is CCS(=O)(=O)c1ccccc1-c1ccccc1I. The summed E-state index contributed by atoms with van der Waals surface area (Å²) in [4.78, 5) is 0.414. The maximum absolute atomic E-state index is 12.1. The number of halogens is 1. The van der Waals surface area contributed by atoms with E-state index in [1.165, 1.54) is 0 Å². The maximum atomic E-state index is 12.1. The quantitative estimate of drug-likeness (QED) is 0.769. The number of hydrogen-bond donors (Lipinski definition) is 0. The van der Waals surface area contributed by atoms with Crippen LogP contribution in [-0.2, 0) is 9.84 Å². The predicted molar refractivity (Wildman–Crippen MR) is 82.3 cm³/mol. The minimum Gasteiger partial charge on any atom is -0.224 e. The van der Waals surface area contributed by atoms with Crippen LogP contribution in [0.1, 0.15) is 6.92 Å². The molecule has 2 rings (SSSR count). The monoisotopic (exact) mass is 372 g/mol. The molecule has 94 valence electrons. The summed E-state index contributed by atoms with van der Waals surface area (Å²) in [6, 6.07) is 15.0. The summed E-state index contributed by atoms with van der Waals surface area (Å²) < 4.78 is 25.3. The highest BCUT2D eigenvalue weighted by atomic mass is 127.